The number of hydrogen-bond acceptors (Lipinski definition) is 5. The van der Waals surface area contributed by atoms with E-state index in [0.29, 0.717) is 23.1 Å². The Kier molecular flexibility index (Phi) is 5.43. The third kappa shape index (κ3) is 4.44. The molecule has 0 bridgehead atoms. The highest BCUT2D eigenvalue weighted by Crippen LogP contribution is 2.25. The quantitative estimate of drug-likeness (QED) is 0.854. The molecule has 2 heterocycles. The Balaban J connectivity index is 1.52. The minimum Gasteiger partial charge on any atom is -0.421 e. The molecule has 2 aromatic rings. The molecule has 0 saturated carbocycles. The van der Waals surface area contributed by atoms with Crippen LogP contribution >= 0.6 is 0 Å². The molecule has 2 amide bonds. The van der Waals surface area contributed by atoms with Gasteiger partial charge in [-0.05, 0) is 25.0 Å². The molecule has 10 heteroatoms. The van der Waals surface area contributed by atoms with Crippen molar-refractivity contribution in [2.45, 2.75) is 31.5 Å². The Morgan fingerprint density at radius 1 is 1.22 bits per heavy atom. The molecule has 144 valence electrons. The van der Waals surface area contributed by atoms with Crippen LogP contribution in [0, 0.1) is 0 Å². The van der Waals surface area contributed by atoms with Crippen molar-refractivity contribution in [3.8, 4) is 11.5 Å². The number of nitrogens with zero attached hydrogens (tertiary/aromatic N) is 3. The van der Waals surface area contributed by atoms with E-state index in [1.54, 1.807) is 0 Å². The molecule has 1 aromatic heterocycles. The number of carbonyl (C=O) groups is 2. The van der Waals surface area contributed by atoms with Gasteiger partial charge < -0.3 is 14.6 Å². The van der Waals surface area contributed by atoms with Crippen molar-refractivity contribution in [3.63, 3.8) is 0 Å². The van der Waals surface area contributed by atoms with Crippen LogP contribution in [-0.4, -0.2) is 52.2 Å². The van der Waals surface area contributed by atoms with E-state index in [4.69, 9.17) is 4.42 Å². The molecule has 1 atom stereocenters. The average Bonchev–Trinajstić information content (AvgIpc) is 3.30. The monoisotopic (exact) mass is 382 g/mol. The maximum atomic E-state index is 12.6. The predicted octanol–water partition coefficient (Wildman–Crippen LogP) is 1.95. The third-order valence-electron chi connectivity index (χ3n) is 4.18. The van der Waals surface area contributed by atoms with Crippen LogP contribution in [0.15, 0.2) is 34.7 Å². The van der Waals surface area contributed by atoms with Crippen molar-refractivity contribution in [3.05, 3.63) is 36.2 Å². The molecule has 0 radical (unpaired) electrons. The van der Waals surface area contributed by atoms with Crippen LogP contribution < -0.4 is 5.32 Å². The summed E-state index contributed by atoms with van der Waals surface area (Å²) in [6.45, 7) is 0.0281. The van der Waals surface area contributed by atoms with E-state index >= 15 is 0 Å². The van der Waals surface area contributed by atoms with Gasteiger partial charge in [-0.2, -0.15) is 13.2 Å². The fraction of sp³-hybridized carbons (Fsp3) is 0.412. The van der Waals surface area contributed by atoms with E-state index in [1.807, 2.05) is 30.3 Å². The van der Waals surface area contributed by atoms with E-state index in [0.717, 1.165) is 5.56 Å². The first-order valence-electron chi connectivity index (χ1n) is 8.39. The van der Waals surface area contributed by atoms with Gasteiger partial charge >= 0.3 is 12.1 Å². The highest BCUT2D eigenvalue weighted by molar-refractivity contribution is 5.90. The first-order valence-corrected chi connectivity index (χ1v) is 8.39. The number of aromatic nitrogens is 2. The van der Waals surface area contributed by atoms with Crippen molar-refractivity contribution in [2.75, 3.05) is 13.1 Å². The molecule has 1 unspecified atom stereocenters. The Morgan fingerprint density at radius 2 is 1.96 bits per heavy atom. The Labute approximate surface area is 152 Å². The molecule has 3 rings (SSSR count). The molecule has 1 aliphatic heterocycles. The summed E-state index contributed by atoms with van der Waals surface area (Å²) < 4.78 is 43.3. The van der Waals surface area contributed by atoms with E-state index < -0.39 is 24.0 Å². The van der Waals surface area contributed by atoms with Gasteiger partial charge in [-0.1, -0.05) is 18.2 Å². The number of hydrogen-bond donors (Lipinski definition) is 1. The van der Waals surface area contributed by atoms with Gasteiger partial charge in [0.15, 0.2) is 0 Å². The molecule has 0 aliphatic carbocycles. The summed E-state index contributed by atoms with van der Waals surface area (Å²) in [6, 6.07) is 8.02. The lowest BCUT2D eigenvalue weighted by molar-refractivity contribution is -0.186. The Morgan fingerprint density at radius 3 is 2.67 bits per heavy atom. The number of amides is 2. The summed E-state index contributed by atoms with van der Waals surface area (Å²) in [5, 5.41) is 10.3. The largest absolute Gasteiger partial charge is 0.471 e. The maximum Gasteiger partial charge on any atom is 0.471 e. The van der Waals surface area contributed by atoms with Crippen molar-refractivity contribution >= 4 is 11.8 Å². The third-order valence-corrected chi connectivity index (χ3v) is 4.18. The molecule has 1 aromatic carbocycles. The SMILES string of the molecule is O=C(NCCc1nnc(-c2ccccc2)o1)C1CCCN1C(=O)C(F)(F)F. The molecular formula is C17H17F3N4O3. The van der Waals surface area contributed by atoms with Crippen molar-refractivity contribution in [2.24, 2.45) is 0 Å². The van der Waals surface area contributed by atoms with Gasteiger partial charge in [-0.3, -0.25) is 9.59 Å². The fourth-order valence-electron chi connectivity index (χ4n) is 2.91. The number of benzene rings is 1. The molecule has 7 nitrogen and oxygen atoms in total. The second kappa shape index (κ2) is 7.77. The molecule has 1 saturated heterocycles. The smallest absolute Gasteiger partial charge is 0.421 e. The molecule has 27 heavy (non-hydrogen) atoms. The highest BCUT2D eigenvalue weighted by atomic mass is 19.4. The van der Waals surface area contributed by atoms with E-state index in [2.05, 4.69) is 15.5 Å². The summed E-state index contributed by atoms with van der Waals surface area (Å²) in [7, 11) is 0. The lowest BCUT2D eigenvalue weighted by Gasteiger charge is -2.24. The zero-order valence-corrected chi connectivity index (χ0v) is 14.2. The van der Waals surface area contributed by atoms with Crippen molar-refractivity contribution in [1.29, 1.82) is 0 Å². The number of carbonyl (C=O) groups excluding carboxylic acids is 2. The van der Waals surface area contributed by atoms with Crippen LogP contribution in [0.4, 0.5) is 13.2 Å². The van der Waals surface area contributed by atoms with E-state index in [9.17, 15) is 22.8 Å². The van der Waals surface area contributed by atoms with Gasteiger partial charge in [0.2, 0.25) is 17.7 Å². The fourth-order valence-corrected chi connectivity index (χ4v) is 2.91. The minimum absolute atomic E-state index is 0.0828. The predicted molar refractivity (Wildman–Crippen MR) is 87.2 cm³/mol. The molecular weight excluding hydrogens is 365 g/mol. The Bertz CT molecular complexity index is 807. The van der Waals surface area contributed by atoms with Crippen LogP contribution in [0.25, 0.3) is 11.5 Å². The van der Waals surface area contributed by atoms with Crippen molar-refractivity contribution < 1.29 is 27.2 Å². The van der Waals surface area contributed by atoms with Gasteiger partial charge in [0.1, 0.15) is 6.04 Å². The lowest BCUT2D eigenvalue weighted by Crippen LogP contribution is -2.50. The van der Waals surface area contributed by atoms with Gasteiger partial charge in [0.25, 0.3) is 0 Å². The normalized spacial score (nSPS) is 17.1. The summed E-state index contributed by atoms with van der Waals surface area (Å²) in [6.07, 6.45) is -4.21. The first kappa shape index (κ1) is 18.9. The topological polar surface area (TPSA) is 88.3 Å². The van der Waals surface area contributed by atoms with Crippen molar-refractivity contribution in [1.82, 2.24) is 20.4 Å². The second-order valence-electron chi connectivity index (χ2n) is 6.06. The Hall–Kier alpha value is -2.91. The zero-order chi connectivity index (χ0) is 19.4. The van der Waals surface area contributed by atoms with E-state index in [1.165, 1.54) is 0 Å². The standard InChI is InChI=1S/C17H17F3N4O3/c18-17(19,20)16(26)24-10-4-7-12(24)14(25)21-9-8-13-22-23-15(27-13)11-5-2-1-3-6-11/h1-3,5-6,12H,4,7-10H2,(H,21,25). The van der Waals surface area contributed by atoms with Gasteiger partial charge in [0.05, 0.1) is 0 Å². The summed E-state index contributed by atoms with van der Waals surface area (Å²) >= 11 is 0. The number of alkyl halides is 3. The summed E-state index contributed by atoms with van der Waals surface area (Å²) in [4.78, 5) is 24.1. The van der Waals surface area contributed by atoms with Crippen LogP contribution in [0.3, 0.4) is 0 Å². The number of nitrogens with one attached hydrogen (secondary N) is 1. The van der Waals surface area contributed by atoms with Crippen LogP contribution in [0.2, 0.25) is 0 Å². The van der Waals surface area contributed by atoms with E-state index in [-0.39, 0.29) is 25.9 Å². The van der Waals surface area contributed by atoms with Crippen LogP contribution in [0.1, 0.15) is 18.7 Å². The lowest BCUT2D eigenvalue weighted by atomic mass is 10.2. The van der Waals surface area contributed by atoms with Gasteiger partial charge in [0, 0.05) is 25.1 Å². The molecule has 1 fully saturated rings. The molecule has 1 N–H and O–H groups in total. The van der Waals surface area contributed by atoms with Gasteiger partial charge in [-0.15, -0.1) is 10.2 Å². The van der Waals surface area contributed by atoms with Gasteiger partial charge in [-0.25, -0.2) is 0 Å². The van der Waals surface area contributed by atoms with Crippen LogP contribution in [-0.2, 0) is 16.0 Å². The molecule has 1 aliphatic rings. The summed E-state index contributed by atoms with van der Waals surface area (Å²) in [5.41, 5.74) is 0.757. The average molecular weight is 382 g/mol. The number of likely N-dealkylation sites (tertiary alicyclic amines) is 1. The highest BCUT2D eigenvalue weighted by Gasteiger charge is 2.47. The minimum atomic E-state index is -4.99. The number of rotatable bonds is 5. The summed E-state index contributed by atoms with van der Waals surface area (Å²) in [5.74, 6) is -1.96. The maximum absolute atomic E-state index is 12.6. The molecule has 0 spiro atoms. The number of halogens is 3. The first-order chi connectivity index (χ1) is 12.9. The zero-order valence-electron chi connectivity index (χ0n) is 14.2. The second-order valence-corrected chi connectivity index (χ2v) is 6.06. The van der Waals surface area contributed by atoms with Crippen LogP contribution in [0.5, 0.6) is 0 Å².